The predicted octanol–water partition coefficient (Wildman–Crippen LogP) is 3.41. The summed E-state index contributed by atoms with van der Waals surface area (Å²) in [5, 5.41) is 4.40. The van der Waals surface area contributed by atoms with Crippen molar-refractivity contribution in [2.75, 3.05) is 6.54 Å². The Morgan fingerprint density at radius 3 is 2.58 bits per heavy atom. The van der Waals surface area contributed by atoms with Gasteiger partial charge in [0.1, 0.15) is 0 Å². The van der Waals surface area contributed by atoms with Crippen molar-refractivity contribution in [3.05, 3.63) is 58.3 Å². The molecule has 1 aromatic carbocycles. The molecule has 0 amide bonds. The minimum atomic E-state index is 0.341. The fraction of sp³-hybridized carbons (Fsp3) is 0.375. The normalized spacial score (nSPS) is 16.7. The van der Waals surface area contributed by atoms with Gasteiger partial charge in [0.05, 0.1) is 0 Å². The monoisotopic (exact) mass is 272 g/mol. The maximum absolute atomic E-state index is 6.06. The smallest absolute Gasteiger partial charge is 0.0476 e. The summed E-state index contributed by atoms with van der Waals surface area (Å²) in [6.45, 7) is 1.70. The summed E-state index contributed by atoms with van der Waals surface area (Å²) in [6, 6.07) is 13.9. The number of rotatable bonds is 6. The predicted molar refractivity (Wildman–Crippen MR) is 81.1 cm³/mol. The number of benzene rings is 1. The van der Waals surface area contributed by atoms with E-state index in [4.69, 9.17) is 5.73 Å². The van der Waals surface area contributed by atoms with Crippen molar-refractivity contribution in [1.29, 1.82) is 0 Å². The van der Waals surface area contributed by atoms with Crippen LogP contribution in [-0.2, 0) is 6.54 Å². The van der Waals surface area contributed by atoms with E-state index in [2.05, 4.69) is 52.1 Å². The zero-order valence-corrected chi connectivity index (χ0v) is 11.9. The van der Waals surface area contributed by atoms with Crippen LogP contribution >= 0.6 is 11.3 Å². The Labute approximate surface area is 118 Å². The zero-order chi connectivity index (χ0) is 13.1. The lowest BCUT2D eigenvalue weighted by Gasteiger charge is -2.31. The Hall–Kier alpha value is -1.16. The highest BCUT2D eigenvalue weighted by molar-refractivity contribution is 7.07. The molecule has 0 saturated heterocycles. The molecule has 1 saturated carbocycles. The molecule has 2 nitrogen and oxygen atoms in total. The Balaban J connectivity index is 1.81. The van der Waals surface area contributed by atoms with Crippen LogP contribution in [0.1, 0.15) is 30.0 Å². The highest BCUT2D eigenvalue weighted by Crippen LogP contribution is 2.35. The lowest BCUT2D eigenvalue weighted by atomic mass is 10.0. The van der Waals surface area contributed by atoms with E-state index in [0.717, 1.165) is 6.54 Å². The van der Waals surface area contributed by atoms with Gasteiger partial charge < -0.3 is 5.73 Å². The summed E-state index contributed by atoms with van der Waals surface area (Å²) in [5.41, 5.74) is 8.81. The van der Waals surface area contributed by atoms with Gasteiger partial charge in [-0.2, -0.15) is 11.3 Å². The van der Waals surface area contributed by atoms with Gasteiger partial charge in [0, 0.05) is 25.2 Å². The van der Waals surface area contributed by atoms with Crippen molar-refractivity contribution in [3.8, 4) is 0 Å². The van der Waals surface area contributed by atoms with E-state index < -0.39 is 0 Å². The summed E-state index contributed by atoms with van der Waals surface area (Å²) in [6.07, 6.45) is 2.63. The van der Waals surface area contributed by atoms with Crippen LogP contribution < -0.4 is 5.73 Å². The maximum Gasteiger partial charge on any atom is 0.0476 e. The van der Waals surface area contributed by atoms with Crippen LogP contribution in [0.25, 0.3) is 0 Å². The first-order chi connectivity index (χ1) is 9.38. The standard InChI is InChI=1S/C16H20N2S/c17-10-16(14-4-2-1-3-5-14)18(15-6-7-15)11-13-8-9-19-12-13/h1-5,8-9,12,15-16H,6-7,10-11,17H2. The highest BCUT2D eigenvalue weighted by Gasteiger charge is 2.34. The minimum Gasteiger partial charge on any atom is -0.329 e. The molecular weight excluding hydrogens is 252 g/mol. The largest absolute Gasteiger partial charge is 0.329 e. The number of hydrogen-bond acceptors (Lipinski definition) is 3. The average molecular weight is 272 g/mol. The van der Waals surface area contributed by atoms with E-state index in [1.807, 2.05) is 0 Å². The summed E-state index contributed by atoms with van der Waals surface area (Å²) in [4.78, 5) is 2.58. The van der Waals surface area contributed by atoms with E-state index in [1.54, 1.807) is 11.3 Å². The van der Waals surface area contributed by atoms with Crippen molar-refractivity contribution >= 4 is 11.3 Å². The number of nitrogens with two attached hydrogens (primary N) is 1. The Kier molecular flexibility index (Phi) is 3.97. The Bertz CT molecular complexity index is 491. The van der Waals surface area contributed by atoms with Crippen LogP contribution in [0, 0.1) is 0 Å². The summed E-state index contributed by atoms with van der Waals surface area (Å²) < 4.78 is 0. The quantitative estimate of drug-likeness (QED) is 0.873. The summed E-state index contributed by atoms with van der Waals surface area (Å²) >= 11 is 1.77. The first-order valence-corrected chi connectivity index (χ1v) is 7.84. The van der Waals surface area contributed by atoms with Gasteiger partial charge in [0.2, 0.25) is 0 Å². The van der Waals surface area contributed by atoms with Crippen molar-refractivity contribution in [1.82, 2.24) is 4.90 Å². The third-order valence-electron chi connectivity index (χ3n) is 3.77. The molecule has 1 unspecified atom stereocenters. The summed E-state index contributed by atoms with van der Waals surface area (Å²) in [5.74, 6) is 0. The molecule has 1 aliphatic carbocycles. The molecule has 1 heterocycles. The topological polar surface area (TPSA) is 29.3 Å². The lowest BCUT2D eigenvalue weighted by Crippen LogP contribution is -2.35. The summed E-state index contributed by atoms with van der Waals surface area (Å²) in [7, 11) is 0. The molecule has 2 N–H and O–H groups in total. The van der Waals surface area contributed by atoms with Crippen LogP contribution in [0.5, 0.6) is 0 Å². The molecule has 1 aliphatic rings. The molecule has 1 aromatic heterocycles. The second-order valence-electron chi connectivity index (χ2n) is 5.20. The fourth-order valence-corrected chi connectivity index (χ4v) is 3.29. The third kappa shape index (κ3) is 3.06. The molecule has 0 spiro atoms. The molecule has 1 fully saturated rings. The van der Waals surface area contributed by atoms with Crippen LogP contribution in [0.15, 0.2) is 47.2 Å². The Morgan fingerprint density at radius 2 is 2.00 bits per heavy atom. The molecule has 0 radical (unpaired) electrons. The van der Waals surface area contributed by atoms with Crippen LogP contribution in [-0.4, -0.2) is 17.5 Å². The second-order valence-corrected chi connectivity index (χ2v) is 5.98. The van der Waals surface area contributed by atoms with Crippen molar-refractivity contribution in [2.45, 2.75) is 31.5 Å². The van der Waals surface area contributed by atoms with Crippen molar-refractivity contribution < 1.29 is 0 Å². The van der Waals surface area contributed by atoms with Gasteiger partial charge in [-0.05, 0) is 40.8 Å². The van der Waals surface area contributed by atoms with E-state index in [9.17, 15) is 0 Å². The zero-order valence-electron chi connectivity index (χ0n) is 11.0. The number of nitrogens with zero attached hydrogens (tertiary/aromatic N) is 1. The first kappa shape index (κ1) is 12.9. The molecule has 100 valence electrons. The van der Waals surface area contributed by atoms with Gasteiger partial charge in [-0.3, -0.25) is 4.90 Å². The molecule has 2 aromatic rings. The maximum atomic E-state index is 6.06. The molecule has 1 atom stereocenters. The van der Waals surface area contributed by atoms with E-state index in [1.165, 1.54) is 24.0 Å². The van der Waals surface area contributed by atoms with E-state index in [-0.39, 0.29) is 0 Å². The molecule has 0 aliphatic heterocycles. The SMILES string of the molecule is NCC(c1ccccc1)N(Cc1ccsc1)C1CC1. The first-order valence-electron chi connectivity index (χ1n) is 6.90. The van der Waals surface area contributed by atoms with Crippen molar-refractivity contribution in [2.24, 2.45) is 5.73 Å². The van der Waals surface area contributed by atoms with Crippen molar-refractivity contribution in [3.63, 3.8) is 0 Å². The molecule has 3 heteroatoms. The van der Waals surface area contributed by atoms with E-state index >= 15 is 0 Å². The molecule has 3 rings (SSSR count). The molecular formula is C16H20N2S. The van der Waals surface area contributed by atoms with Gasteiger partial charge in [-0.25, -0.2) is 0 Å². The minimum absolute atomic E-state index is 0.341. The number of thiophene rings is 1. The van der Waals surface area contributed by atoms with Gasteiger partial charge in [0.25, 0.3) is 0 Å². The van der Waals surface area contributed by atoms with Gasteiger partial charge in [0.15, 0.2) is 0 Å². The molecule has 0 bridgehead atoms. The van der Waals surface area contributed by atoms with Crippen LogP contribution in [0.4, 0.5) is 0 Å². The van der Waals surface area contributed by atoms with E-state index in [0.29, 0.717) is 18.6 Å². The van der Waals surface area contributed by atoms with Gasteiger partial charge >= 0.3 is 0 Å². The third-order valence-corrected chi connectivity index (χ3v) is 4.50. The van der Waals surface area contributed by atoms with Gasteiger partial charge in [-0.1, -0.05) is 30.3 Å². The molecule has 19 heavy (non-hydrogen) atoms. The van der Waals surface area contributed by atoms with Gasteiger partial charge in [-0.15, -0.1) is 0 Å². The number of hydrogen-bond donors (Lipinski definition) is 1. The fourth-order valence-electron chi connectivity index (χ4n) is 2.63. The Morgan fingerprint density at radius 1 is 1.21 bits per heavy atom. The lowest BCUT2D eigenvalue weighted by molar-refractivity contribution is 0.182. The van der Waals surface area contributed by atoms with Crippen LogP contribution in [0.2, 0.25) is 0 Å². The van der Waals surface area contributed by atoms with Crippen LogP contribution in [0.3, 0.4) is 0 Å². The second kappa shape index (κ2) is 5.87. The highest BCUT2D eigenvalue weighted by atomic mass is 32.1. The average Bonchev–Trinajstić information content (AvgIpc) is 3.17.